The van der Waals surface area contributed by atoms with E-state index in [1.165, 1.54) is 0 Å². The van der Waals surface area contributed by atoms with E-state index in [4.69, 9.17) is 5.73 Å². The molecule has 0 radical (unpaired) electrons. The van der Waals surface area contributed by atoms with E-state index in [1.807, 2.05) is 76.2 Å². The van der Waals surface area contributed by atoms with Crippen LogP contribution in [0.5, 0.6) is 0 Å². The zero-order chi connectivity index (χ0) is 17.2. The molecular formula is C19H27N3O. The minimum absolute atomic E-state index is 0.0655. The third kappa shape index (κ3) is 4.83. The molecule has 3 rings (SSSR count). The molecule has 0 bridgehead atoms. The fourth-order valence-corrected chi connectivity index (χ4v) is 2.42. The molecule has 0 aromatic heterocycles. The Morgan fingerprint density at radius 1 is 1.00 bits per heavy atom. The SMILES string of the molecule is CC.CC.Nc1cccc(CC2NNC(=O)c3ccccc32)c1. The molecule has 2 aromatic rings. The molecule has 0 spiro atoms. The Bertz CT molecular complexity index is 626. The van der Waals surface area contributed by atoms with Gasteiger partial charge in [-0.05, 0) is 35.7 Å². The first-order valence-electron chi connectivity index (χ1n) is 8.23. The Hall–Kier alpha value is -2.33. The van der Waals surface area contributed by atoms with Crippen LogP contribution in [0.4, 0.5) is 5.69 Å². The number of hydrazine groups is 1. The summed E-state index contributed by atoms with van der Waals surface area (Å²) < 4.78 is 0. The van der Waals surface area contributed by atoms with Crippen molar-refractivity contribution in [1.29, 1.82) is 0 Å². The van der Waals surface area contributed by atoms with Crippen LogP contribution >= 0.6 is 0 Å². The summed E-state index contributed by atoms with van der Waals surface area (Å²) in [6.45, 7) is 8.00. The van der Waals surface area contributed by atoms with E-state index < -0.39 is 0 Å². The summed E-state index contributed by atoms with van der Waals surface area (Å²) in [5, 5.41) is 0. The van der Waals surface area contributed by atoms with E-state index in [9.17, 15) is 4.79 Å². The van der Waals surface area contributed by atoms with Gasteiger partial charge in [-0.15, -0.1) is 0 Å². The molecule has 1 aliphatic rings. The van der Waals surface area contributed by atoms with Crippen LogP contribution in [-0.4, -0.2) is 5.91 Å². The van der Waals surface area contributed by atoms with Gasteiger partial charge in [-0.2, -0.15) is 0 Å². The smallest absolute Gasteiger partial charge is 0.265 e. The molecule has 2 aromatic carbocycles. The number of anilines is 1. The molecule has 1 heterocycles. The standard InChI is InChI=1S/C15H15N3O.2C2H6/c16-11-5-3-4-10(8-11)9-14-12-6-1-2-7-13(12)15(19)18-17-14;2*1-2/h1-8,14,17H,9,16H2,(H,18,19);2*1-2H3. The number of rotatable bonds is 2. The molecule has 1 aliphatic heterocycles. The van der Waals surface area contributed by atoms with E-state index in [1.54, 1.807) is 0 Å². The second-order valence-electron chi connectivity index (χ2n) is 4.69. The molecule has 0 saturated heterocycles. The lowest BCUT2D eigenvalue weighted by Crippen LogP contribution is -2.45. The lowest BCUT2D eigenvalue weighted by Gasteiger charge is -2.27. The largest absolute Gasteiger partial charge is 0.399 e. The number of nitrogen functional groups attached to an aromatic ring is 1. The van der Waals surface area contributed by atoms with Crippen molar-refractivity contribution < 1.29 is 4.79 Å². The summed E-state index contributed by atoms with van der Waals surface area (Å²) in [5.41, 5.74) is 15.2. The van der Waals surface area contributed by atoms with Gasteiger partial charge in [-0.25, -0.2) is 5.43 Å². The number of hydrogen-bond acceptors (Lipinski definition) is 3. The molecule has 0 fully saturated rings. The van der Waals surface area contributed by atoms with Gasteiger partial charge in [-0.1, -0.05) is 58.0 Å². The summed E-state index contributed by atoms with van der Waals surface area (Å²) in [7, 11) is 0. The molecule has 0 aliphatic carbocycles. The number of benzene rings is 2. The number of carbonyl (C=O) groups is 1. The van der Waals surface area contributed by atoms with Gasteiger partial charge in [-0.3, -0.25) is 10.2 Å². The van der Waals surface area contributed by atoms with Crippen LogP contribution in [0, 0.1) is 0 Å². The minimum atomic E-state index is -0.0839. The first-order chi connectivity index (χ1) is 11.2. The summed E-state index contributed by atoms with van der Waals surface area (Å²) in [4.78, 5) is 11.7. The van der Waals surface area contributed by atoms with Crippen molar-refractivity contribution in [3.05, 3.63) is 65.2 Å². The molecule has 1 unspecified atom stereocenters. The Kier molecular flexibility index (Phi) is 7.84. The zero-order valence-corrected chi connectivity index (χ0v) is 14.4. The lowest BCUT2D eigenvalue weighted by atomic mass is 9.93. The number of nitrogens with two attached hydrogens (primary N) is 1. The van der Waals surface area contributed by atoms with E-state index in [-0.39, 0.29) is 11.9 Å². The van der Waals surface area contributed by atoms with Crippen molar-refractivity contribution in [2.24, 2.45) is 0 Å². The van der Waals surface area contributed by atoms with E-state index in [0.717, 1.165) is 28.8 Å². The number of fused-ring (bicyclic) bond motifs is 1. The molecule has 4 nitrogen and oxygen atoms in total. The van der Waals surface area contributed by atoms with E-state index in [0.29, 0.717) is 0 Å². The monoisotopic (exact) mass is 313 g/mol. The predicted octanol–water partition coefficient (Wildman–Crippen LogP) is 3.85. The van der Waals surface area contributed by atoms with Crippen molar-refractivity contribution in [2.75, 3.05) is 5.73 Å². The summed E-state index contributed by atoms with van der Waals surface area (Å²) in [6.07, 6.45) is 0.780. The Labute approximate surface area is 139 Å². The van der Waals surface area contributed by atoms with E-state index in [2.05, 4.69) is 10.9 Å². The highest BCUT2D eigenvalue weighted by atomic mass is 16.2. The van der Waals surface area contributed by atoms with Crippen LogP contribution in [0.1, 0.15) is 55.2 Å². The molecule has 23 heavy (non-hydrogen) atoms. The summed E-state index contributed by atoms with van der Waals surface area (Å²) in [5.74, 6) is -0.0839. The average molecular weight is 313 g/mol. The third-order valence-corrected chi connectivity index (χ3v) is 3.33. The van der Waals surface area contributed by atoms with Crippen LogP contribution in [0.15, 0.2) is 48.5 Å². The van der Waals surface area contributed by atoms with Crippen molar-refractivity contribution in [1.82, 2.24) is 10.9 Å². The van der Waals surface area contributed by atoms with Crippen molar-refractivity contribution in [3.63, 3.8) is 0 Å². The van der Waals surface area contributed by atoms with Gasteiger partial charge >= 0.3 is 0 Å². The summed E-state index contributed by atoms with van der Waals surface area (Å²) in [6, 6.07) is 15.5. The van der Waals surface area contributed by atoms with Gasteiger partial charge in [0.2, 0.25) is 0 Å². The normalized spacial score (nSPS) is 15.1. The molecule has 4 heteroatoms. The molecular weight excluding hydrogens is 286 g/mol. The van der Waals surface area contributed by atoms with Crippen molar-refractivity contribution in [2.45, 2.75) is 40.2 Å². The van der Waals surface area contributed by atoms with Crippen LogP contribution in [0.3, 0.4) is 0 Å². The lowest BCUT2D eigenvalue weighted by molar-refractivity contribution is 0.0907. The van der Waals surface area contributed by atoms with Crippen LogP contribution in [-0.2, 0) is 6.42 Å². The van der Waals surface area contributed by atoms with Gasteiger partial charge in [0.15, 0.2) is 0 Å². The van der Waals surface area contributed by atoms with E-state index >= 15 is 0 Å². The number of nitrogens with one attached hydrogen (secondary N) is 2. The topological polar surface area (TPSA) is 67.2 Å². The first kappa shape index (κ1) is 18.7. The molecule has 4 N–H and O–H groups in total. The van der Waals surface area contributed by atoms with Gasteiger partial charge < -0.3 is 5.73 Å². The van der Waals surface area contributed by atoms with Gasteiger partial charge in [0.05, 0.1) is 6.04 Å². The van der Waals surface area contributed by atoms with Crippen LogP contribution in [0.2, 0.25) is 0 Å². The fraction of sp³-hybridized carbons (Fsp3) is 0.316. The fourth-order valence-electron chi connectivity index (χ4n) is 2.42. The Morgan fingerprint density at radius 3 is 2.39 bits per heavy atom. The third-order valence-electron chi connectivity index (χ3n) is 3.33. The maximum absolute atomic E-state index is 11.7. The maximum atomic E-state index is 11.7. The first-order valence-corrected chi connectivity index (χ1v) is 8.23. The second kappa shape index (κ2) is 9.64. The minimum Gasteiger partial charge on any atom is -0.399 e. The molecule has 1 amide bonds. The predicted molar refractivity (Wildman–Crippen MR) is 97.0 cm³/mol. The van der Waals surface area contributed by atoms with Crippen LogP contribution in [0.25, 0.3) is 0 Å². The van der Waals surface area contributed by atoms with Crippen molar-refractivity contribution >= 4 is 11.6 Å². The quantitative estimate of drug-likeness (QED) is 0.738. The van der Waals surface area contributed by atoms with Gasteiger partial charge in [0.25, 0.3) is 5.91 Å². The van der Waals surface area contributed by atoms with Gasteiger partial charge in [0, 0.05) is 11.3 Å². The number of amides is 1. The highest BCUT2D eigenvalue weighted by molar-refractivity contribution is 5.96. The highest BCUT2D eigenvalue weighted by Gasteiger charge is 2.24. The van der Waals surface area contributed by atoms with Crippen molar-refractivity contribution in [3.8, 4) is 0 Å². The van der Waals surface area contributed by atoms with Gasteiger partial charge in [0.1, 0.15) is 0 Å². The highest BCUT2D eigenvalue weighted by Crippen LogP contribution is 2.24. The molecule has 1 atom stereocenters. The number of hydrogen-bond donors (Lipinski definition) is 3. The summed E-state index contributed by atoms with van der Waals surface area (Å²) >= 11 is 0. The van der Waals surface area contributed by atoms with Crippen LogP contribution < -0.4 is 16.6 Å². The number of carbonyl (C=O) groups excluding carboxylic acids is 1. The Balaban J connectivity index is 0.000000615. The molecule has 0 saturated carbocycles. The average Bonchev–Trinajstić information content (AvgIpc) is 2.61. The Morgan fingerprint density at radius 2 is 1.70 bits per heavy atom. The maximum Gasteiger partial charge on any atom is 0.265 e. The zero-order valence-electron chi connectivity index (χ0n) is 14.4. The second-order valence-corrected chi connectivity index (χ2v) is 4.69. The molecule has 124 valence electrons.